The Bertz CT molecular complexity index is 601. The molecule has 1 heterocycles. The minimum atomic E-state index is 0.0110. The van der Waals surface area contributed by atoms with Gasteiger partial charge in [0.05, 0.1) is 0 Å². The Morgan fingerprint density at radius 1 is 1.35 bits per heavy atom. The van der Waals surface area contributed by atoms with Gasteiger partial charge in [-0.15, -0.1) is 0 Å². The molecule has 2 amide bonds. The van der Waals surface area contributed by atoms with Gasteiger partial charge < -0.3 is 10.6 Å². The van der Waals surface area contributed by atoms with Gasteiger partial charge in [-0.3, -0.25) is 9.59 Å². The molecular weight excluding hydrogens is 308 g/mol. The Labute approximate surface area is 141 Å². The molecule has 1 aliphatic heterocycles. The highest BCUT2D eigenvalue weighted by atomic mass is 32.2. The molecule has 1 saturated carbocycles. The van der Waals surface area contributed by atoms with Gasteiger partial charge >= 0.3 is 0 Å². The van der Waals surface area contributed by atoms with Crippen molar-refractivity contribution in [1.82, 2.24) is 5.32 Å². The fraction of sp³-hybridized carbons (Fsp3) is 0.556. The Hall–Kier alpha value is -1.49. The van der Waals surface area contributed by atoms with Gasteiger partial charge in [-0.25, -0.2) is 0 Å². The number of benzene rings is 1. The van der Waals surface area contributed by atoms with Crippen LogP contribution in [0, 0.1) is 0 Å². The molecule has 23 heavy (non-hydrogen) atoms. The van der Waals surface area contributed by atoms with Crippen LogP contribution in [-0.4, -0.2) is 28.9 Å². The van der Waals surface area contributed by atoms with Crippen LogP contribution in [0.25, 0.3) is 0 Å². The lowest BCUT2D eigenvalue weighted by Crippen LogP contribution is -2.39. The summed E-state index contributed by atoms with van der Waals surface area (Å²) in [5.74, 6) is 1.20. The highest BCUT2D eigenvalue weighted by Gasteiger charge is 2.24. The second kappa shape index (κ2) is 7.39. The van der Waals surface area contributed by atoms with E-state index in [1.807, 2.05) is 23.9 Å². The highest BCUT2D eigenvalue weighted by Crippen LogP contribution is 2.29. The van der Waals surface area contributed by atoms with Crippen LogP contribution in [0.1, 0.15) is 54.9 Å². The van der Waals surface area contributed by atoms with Crippen LogP contribution in [0.2, 0.25) is 0 Å². The lowest BCUT2D eigenvalue weighted by molar-refractivity contribution is -0.116. The van der Waals surface area contributed by atoms with Crippen LogP contribution >= 0.6 is 11.8 Å². The van der Waals surface area contributed by atoms with Gasteiger partial charge in [0.25, 0.3) is 5.91 Å². The molecule has 0 unspecified atom stereocenters. The fourth-order valence-corrected chi connectivity index (χ4v) is 4.63. The first-order chi connectivity index (χ1) is 11.2. The van der Waals surface area contributed by atoms with Gasteiger partial charge in [-0.2, -0.15) is 11.8 Å². The number of amides is 2. The van der Waals surface area contributed by atoms with E-state index in [0.717, 1.165) is 29.8 Å². The molecule has 1 aromatic rings. The third kappa shape index (κ3) is 4.08. The lowest BCUT2D eigenvalue weighted by Gasteiger charge is -2.29. The molecule has 2 N–H and O–H groups in total. The lowest BCUT2D eigenvalue weighted by atomic mass is 9.94. The maximum Gasteiger partial charge on any atom is 0.251 e. The summed E-state index contributed by atoms with van der Waals surface area (Å²) in [5.41, 5.74) is 2.60. The standard InChI is InChI=1S/C18H24N2O2S/c1-2-23-15-5-3-4-14(11-15)19-18(22)13-6-8-16-12(10-13)7-9-17(21)20-16/h6,8,10,14-15H,2-5,7,9,11H2,1H3,(H,19,22)(H,20,21)/t14-,15-/m0/s1. The van der Waals surface area contributed by atoms with Crippen molar-refractivity contribution in [1.29, 1.82) is 0 Å². The van der Waals surface area contributed by atoms with Gasteiger partial charge in [0, 0.05) is 29.0 Å². The zero-order chi connectivity index (χ0) is 16.2. The predicted octanol–water partition coefficient (Wildman–Crippen LogP) is 3.37. The first kappa shape index (κ1) is 16.4. The number of nitrogens with one attached hydrogen (secondary N) is 2. The summed E-state index contributed by atoms with van der Waals surface area (Å²) in [5, 5.41) is 6.73. The van der Waals surface area contributed by atoms with E-state index in [-0.39, 0.29) is 17.9 Å². The normalized spacial score (nSPS) is 23.8. The fourth-order valence-electron chi connectivity index (χ4n) is 3.46. The maximum atomic E-state index is 12.5. The van der Waals surface area contributed by atoms with E-state index in [2.05, 4.69) is 17.6 Å². The van der Waals surface area contributed by atoms with Crippen LogP contribution in [0.15, 0.2) is 18.2 Å². The Kier molecular flexibility index (Phi) is 5.26. The molecule has 4 nitrogen and oxygen atoms in total. The zero-order valence-corrected chi connectivity index (χ0v) is 14.4. The zero-order valence-electron chi connectivity index (χ0n) is 13.6. The van der Waals surface area contributed by atoms with Crippen molar-refractivity contribution in [2.75, 3.05) is 11.1 Å². The number of hydrogen-bond acceptors (Lipinski definition) is 3. The molecule has 0 saturated heterocycles. The predicted molar refractivity (Wildman–Crippen MR) is 95.0 cm³/mol. The number of carbonyl (C=O) groups excluding carboxylic acids is 2. The summed E-state index contributed by atoms with van der Waals surface area (Å²) in [4.78, 5) is 23.9. The third-order valence-corrected chi connectivity index (χ3v) is 5.86. The first-order valence-electron chi connectivity index (χ1n) is 8.51. The smallest absolute Gasteiger partial charge is 0.251 e. The summed E-state index contributed by atoms with van der Waals surface area (Å²) in [6.07, 6.45) is 5.82. The Morgan fingerprint density at radius 2 is 2.22 bits per heavy atom. The molecule has 1 fully saturated rings. The SMILES string of the molecule is CCS[C@H]1CCC[C@H](NC(=O)c2ccc3c(c2)CCC(=O)N3)C1. The van der Waals surface area contributed by atoms with Crippen molar-refractivity contribution in [2.24, 2.45) is 0 Å². The van der Waals surface area contributed by atoms with Crippen LogP contribution in [0.5, 0.6) is 0 Å². The van der Waals surface area contributed by atoms with E-state index in [0.29, 0.717) is 23.7 Å². The van der Waals surface area contributed by atoms with E-state index >= 15 is 0 Å². The summed E-state index contributed by atoms with van der Waals surface area (Å²) in [7, 11) is 0. The Balaban J connectivity index is 1.63. The molecule has 0 bridgehead atoms. The van der Waals surface area contributed by atoms with Crippen LogP contribution in [-0.2, 0) is 11.2 Å². The second-order valence-corrected chi connectivity index (χ2v) is 7.91. The number of fused-ring (bicyclic) bond motifs is 1. The van der Waals surface area contributed by atoms with Crippen molar-refractivity contribution in [3.05, 3.63) is 29.3 Å². The summed E-state index contributed by atoms with van der Waals surface area (Å²) in [6, 6.07) is 5.86. The van der Waals surface area contributed by atoms with Gasteiger partial charge in [0.2, 0.25) is 5.91 Å². The van der Waals surface area contributed by atoms with Crippen molar-refractivity contribution in [3.8, 4) is 0 Å². The summed E-state index contributed by atoms with van der Waals surface area (Å²) >= 11 is 2.01. The number of thioether (sulfide) groups is 1. The molecule has 5 heteroatoms. The van der Waals surface area contributed by atoms with Gasteiger partial charge in [0.1, 0.15) is 0 Å². The molecule has 2 atom stereocenters. The molecule has 0 spiro atoms. The quantitative estimate of drug-likeness (QED) is 0.889. The van der Waals surface area contributed by atoms with Crippen LogP contribution < -0.4 is 10.6 Å². The van der Waals surface area contributed by atoms with Gasteiger partial charge in [-0.05, 0) is 55.2 Å². The summed E-state index contributed by atoms with van der Waals surface area (Å²) in [6.45, 7) is 2.19. The first-order valence-corrected chi connectivity index (χ1v) is 9.56. The highest BCUT2D eigenvalue weighted by molar-refractivity contribution is 7.99. The number of anilines is 1. The molecule has 2 aliphatic rings. The monoisotopic (exact) mass is 332 g/mol. The third-order valence-electron chi connectivity index (χ3n) is 4.63. The average Bonchev–Trinajstić information content (AvgIpc) is 2.55. The van der Waals surface area contributed by atoms with Crippen molar-refractivity contribution < 1.29 is 9.59 Å². The molecular formula is C18H24N2O2S. The minimum absolute atomic E-state index is 0.0110. The van der Waals surface area contributed by atoms with Crippen molar-refractivity contribution in [3.63, 3.8) is 0 Å². The van der Waals surface area contributed by atoms with E-state index in [1.165, 1.54) is 12.8 Å². The average molecular weight is 332 g/mol. The van der Waals surface area contributed by atoms with Crippen LogP contribution in [0.3, 0.4) is 0 Å². The molecule has 124 valence electrons. The minimum Gasteiger partial charge on any atom is -0.349 e. The number of carbonyl (C=O) groups is 2. The van der Waals surface area contributed by atoms with Crippen molar-refractivity contribution in [2.45, 2.75) is 56.7 Å². The molecule has 1 aliphatic carbocycles. The largest absolute Gasteiger partial charge is 0.349 e. The van der Waals surface area contributed by atoms with Crippen LogP contribution in [0.4, 0.5) is 5.69 Å². The van der Waals surface area contributed by atoms with E-state index < -0.39 is 0 Å². The number of aryl methyl sites for hydroxylation is 1. The molecule has 0 radical (unpaired) electrons. The maximum absolute atomic E-state index is 12.5. The van der Waals surface area contributed by atoms with Crippen molar-refractivity contribution >= 4 is 29.3 Å². The van der Waals surface area contributed by atoms with E-state index in [1.54, 1.807) is 6.07 Å². The van der Waals surface area contributed by atoms with E-state index in [4.69, 9.17) is 0 Å². The number of rotatable bonds is 4. The molecule has 1 aromatic carbocycles. The summed E-state index contributed by atoms with van der Waals surface area (Å²) < 4.78 is 0. The van der Waals surface area contributed by atoms with Gasteiger partial charge in [-0.1, -0.05) is 13.3 Å². The molecule has 0 aromatic heterocycles. The second-order valence-electron chi connectivity index (χ2n) is 6.33. The van der Waals surface area contributed by atoms with E-state index in [9.17, 15) is 9.59 Å². The topological polar surface area (TPSA) is 58.2 Å². The Morgan fingerprint density at radius 3 is 3.04 bits per heavy atom. The number of hydrogen-bond donors (Lipinski definition) is 2. The van der Waals surface area contributed by atoms with Gasteiger partial charge in [0.15, 0.2) is 0 Å². The molecule has 3 rings (SSSR count).